The normalized spacial score (nSPS) is 15.4. The van der Waals surface area contributed by atoms with Crippen molar-refractivity contribution >= 4 is 6.09 Å². The lowest BCUT2D eigenvalue weighted by Gasteiger charge is -2.29. The van der Waals surface area contributed by atoms with E-state index in [0.717, 1.165) is 23.5 Å². The fourth-order valence-corrected chi connectivity index (χ4v) is 1.96. The lowest BCUT2D eigenvalue weighted by Crippen LogP contribution is -2.39. The summed E-state index contributed by atoms with van der Waals surface area (Å²) in [4.78, 5) is 13.6. The highest BCUT2D eigenvalue weighted by Crippen LogP contribution is 2.24. The van der Waals surface area contributed by atoms with Crippen molar-refractivity contribution < 1.29 is 13.9 Å². The molecule has 1 amide bonds. The second-order valence-electron chi connectivity index (χ2n) is 5.52. The number of rotatable bonds is 1. The molecule has 0 unspecified atom stereocenters. The van der Waals surface area contributed by atoms with Crippen LogP contribution in [0, 0.1) is 0 Å². The monoisotopic (exact) mass is 252 g/mol. The highest BCUT2D eigenvalue weighted by atomic mass is 16.6. The number of carbonyl (C=O) groups is 1. The molecule has 100 valence electrons. The van der Waals surface area contributed by atoms with Crippen molar-refractivity contribution in [3.63, 3.8) is 0 Å². The molecule has 1 aliphatic heterocycles. The Labute approximate surface area is 107 Å². The lowest BCUT2D eigenvalue weighted by molar-refractivity contribution is 0.0208. The van der Waals surface area contributed by atoms with Crippen LogP contribution < -0.4 is 5.73 Å². The Morgan fingerprint density at radius 1 is 1.56 bits per heavy atom. The van der Waals surface area contributed by atoms with Crippen LogP contribution in [0.4, 0.5) is 4.79 Å². The number of amides is 1. The summed E-state index contributed by atoms with van der Waals surface area (Å²) in [5, 5.41) is 0. The quantitative estimate of drug-likeness (QED) is 0.830. The van der Waals surface area contributed by atoms with Gasteiger partial charge >= 0.3 is 6.09 Å². The minimum Gasteiger partial charge on any atom is -0.463 e. The van der Waals surface area contributed by atoms with Crippen LogP contribution >= 0.6 is 0 Å². The van der Waals surface area contributed by atoms with Crippen molar-refractivity contribution in [2.75, 3.05) is 6.54 Å². The Morgan fingerprint density at radius 3 is 2.89 bits per heavy atom. The van der Waals surface area contributed by atoms with E-state index in [9.17, 15) is 4.79 Å². The fraction of sp³-hybridized carbons (Fsp3) is 0.615. The van der Waals surface area contributed by atoms with Crippen LogP contribution in [0.1, 0.15) is 37.9 Å². The van der Waals surface area contributed by atoms with Crippen LogP contribution in [0.3, 0.4) is 0 Å². The molecule has 0 fully saturated rings. The van der Waals surface area contributed by atoms with Gasteiger partial charge in [-0.2, -0.15) is 0 Å². The summed E-state index contributed by atoms with van der Waals surface area (Å²) in [5.41, 5.74) is 6.22. The fourth-order valence-electron chi connectivity index (χ4n) is 1.96. The standard InChI is InChI=1S/C13H20N2O3/c1-13(2,3)18-12(16)15-5-4-9-6-10(7-14)17-11(9)8-15/h6H,4-5,7-8,14H2,1-3H3. The second kappa shape index (κ2) is 4.65. The molecule has 5 heteroatoms. The van der Waals surface area contributed by atoms with E-state index in [1.807, 2.05) is 26.8 Å². The van der Waals surface area contributed by atoms with Gasteiger partial charge in [-0.3, -0.25) is 0 Å². The van der Waals surface area contributed by atoms with Gasteiger partial charge in [-0.1, -0.05) is 0 Å². The Bertz CT molecular complexity index is 446. The third kappa shape index (κ3) is 2.85. The summed E-state index contributed by atoms with van der Waals surface area (Å²) in [6.07, 6.45) is 0.497. The molecule has 0 atom stereocenters. The Kier molecular flexibility index (Phi) is 3.34. The summed E-state index contributed by atoms with van der Waals surface area (Å²) in [6.45, 7) is 7.09. The minimum absolute atomic E-state index is 0.293. The van der Waals surface area contributed by atoms with E-state index in [4.69, 9.17) is 14.9 Å². The first kappa shape index (κ1) is 13.0. The Balaban J connectivity index is 2.05. The second-order valence-corrected chi connectivity index (χ2v) is 5.52. The summed E-state index contributed by atoms with van der Waals surface area (Å²) in [7, 11) is 0. The van der Waals surface area contributed by atoms with Crippen LogP contribution in [0.5, 0.6) is 0 Å². The molecule has 2 rings (SSSR count). The summed E-state index contributed by atoms with van der Waals surface area (Å²) < 4.78 is 10.9. The molecule has 5 nitrogen and oxygen atoms in total. The molecule has 0 aliphatic carbocycles. The third-order valence-electron chi connectivity index (χ3n) is 2.79. The van der Waals surface area contributed by atoms with Crippen LogP contribution in [0.2, 0.25) is 0 Å². The number of nitrogens with zero attached hydrogens (tertiary/aromatic N) is 1. The number of furan rings is 1. The summed E-state index contributed by atoms with van der Waals surface area (Å²) in [6, 6.07) is 1.97. The smallest absolute Gasteiger partial charge is 0.410 e. The molecule has 0 bridgehead atoms. The SMILES string of the molecule is CC(C)(C)OC(=O)N1CCc2cc(CN)oc2C1. The number of hydrogen-bond donors (Lipinski definition) is 1. The molecule has 1 aromatic rings. The van der Waals surface area contributed by atoms with Crippen molar-refractivity contribution in [2.24, 2.45) is 5.73 Å². The molecule has 18 heavy (non-hydrogen) atoms. The maximum Gasteiger partial charge on any atom is 0.410 e. The molecule has 0 aromatic carbocycles. The van der Waals surface area contributed by atoms with Crippen LogP contribution in [-0.2, 0) is 24.2 Å². The first-order valence-electron chi connectivity index (χ1n) is 6.17. The van der Waals surface area contributed by atoms with Crippen molar-refractivity contribution in [3.05, 3.63) is 23.2 Å². The van der Waals surface area contributed by atoms with Gasteiger partial charge in [0.05, 0.1) is 13.1 Å². The highest BCUT2D eigenvalue weighted by Gasteiger charge is 2.27. The largest absolute Gasteiger partial charge is 0.463 e. The molecule has 0 saturated carbocycles. The van der Waals surface area contributed by atoms with Gasteiger partial charge in [0.2, 0.25) is 0 Å². The van der Waals surface area contributed by atoms with E-state index in [2.05, 4.69) is 0 Å². The average molecular weight is 252 g/mol. The number of carbonyl (C=O) groups excluding carboxylic acids is 1. The zero-order valence-corrected chi connectivity index (χ0v) is 11.2. The van der Waals surface area contributed by atoms with Gasteiger partial charge in [-0.05, 0) is 38.8 Å². The van der Waals surface area contributed by atoms with Gasteiger partial charge in [-0.15, -0.1) is 0 Å². The Morgan fingerprint density at radius 2 is 2.28 bits per heavy atom. The molecule has 1 aromatic heterocycles. The topological polar surface area (TPSA) is 68.7 Å². The van der Waals surface area contributed by atoms with Gasteiger partial charge in [0.15, 0.2) is 0 Å². The van der Waals surface area contributed by atoms with E-state index < -0.39 is 5.60 Å². The zero-order chi connectivity index (χ0) is 13.3. The van der Waals surface area contributed by atoms with Crippen molar-refractivity contribution in [3.8, 4) is 0 Å². The number of hydrogen-bond acceptors (Lipinski definition) is 4. The van der Waals surface area contributed by atoms with E-state index in [-0.39, 0.29) is 6.09 Å². The lowest BCUT2D eigenvalue weighted by atomic mass is 10.1. The Hall–Kier alpha value is -1.49. The van der Waals surface area contributed by atoms with Gasteiger partial charge in [0.1, 0.15) is 17.1 Å². The maximum atomic E-state index is 11.9. The van der Waals surface area contributed by atoms with Crippen LogP contribution in [0.15, 0.2) is 10.5 Å². The molecule has 0 radical (unpaired) electrons. The van der Waals surface area contributed by atoms with Crippen molar-refractivity contribution in [2.45, 2.75) is 45.9 Å². The summed E-state index contributed by atoms with van der Waals surface area (Å²) in [5.74, 6) is 1.60. The van der Waals surface area contributed by atoms with E-state index in [1.165, 1.54) is 0 Å². The van der Waals surface area contributed by atoms with E-state index >= 15 is 0 Å². The van der Waals surface area contributed by atoms with Gasteiger partial charge in [-0.25, -0.2) is 4.79 Å². The van der Waals surface area contributed by atoms with Gasteiger partial charge < -0.3 is 19.8 Å². The number of fused-ring (bicyclic) bond motifs is 1. The molecule has 2 N–H and O–H groups in total. The molecular weight excluding hydrogens is 232 g/mol. The van der Waals surface area contributed by atoms with E-state index in [1.54, 1.807) is 4.90 Å². The first-order chi connectivity index (χ1) is 8.39. The third-order valence-corrected chi connectivity index (χ3v) is 2.79. The molecule has 2 heterocycles. The van der Waals surface area contributed by atoms with Crippen molar-refractivity contribution in [1.82, 2.24) is 4.90 Å². The number of ether oxygens (including phenoxy) is 1. The average Bonchev–Trinajstić information content (AvgIpc) is 2.68. The zero-order valence-electron chi connectivity index (χ0n) is 11.2. The molecule has 0 saturated heterocycles. The summed E-state index contributed by atoms with van der Waals surface area (Å²) >= 11 is 0. The van der Waals surface area contributed by atoms with Crippen LogP contribution in [0.25, 0.3) is 0 Å². The molecule has 1 aliphatic rings. The van der Waals surface area contributed by atoms with Crippen molar-refractivity contribution in [1.29, 1.82) is 0 Å². The first-order valence-corrected chi connectivity index (χ1v) is 6.17. The predicted octanol–water partition coefficient (Wildman–Crippen LogP) is 2.03. The number of nitrogens with two attached hydrogens (primary N) is 1. The van der Waals surface area contributed by atoms with Crippen LogP contribution in [-0.4, -0.2) is 23.1 Å². The maximum absolute atomic E-state index is 11.9. The van der Waals surface area contributed by atoms with E-state index in [0.29, 0.717) is 19.6 Å². The molecule has 0 spiro atoms. The van der Waals surface area contributed by atoms with Gasteiger partial charge in [0.25, 0.3) is 0 Å². The minimum atomic E-state index is -0.469. The van der Waals surface area contributed by atoms with Gasteiger partial charge in [0, 0.05) is 6.54 Å². The predicted molar refractivity (Wildman–Crippen MR) is 66.9 cm³/mol. The molecular formula is C13H20N2O3. The highest BCUT2D eigenvalue weighted by molar-refractivity contribution is 5.68.